The Bertz CT molecular complexity index is 876. The Labute approximate surface area is 167 Å². The van der Waals surface area contributed by atoms with Crippen LogP contribution in [-0.4, -0.2) is 38.1 Å². The molecule has 0 radical (unpaired) electrons. The van der Waals surface area contributed by atoms with E-state index in [1.54, 1.807) is 60.5 Å². The maximum atomic E-state index is 13.0. The molecule has 0 fully saturated rings. The number of hydrogen-bond acceptors (Lipinski definition) is 5. The highest BCUT2D eigenvalue weighted by Gasteiger charge is 2.21. The van der Waals surface area contributed by atoms with Crippen molar-refractivity contribution in [3.8, 4) is 11.5 Å². The summed E-state index contributed by atoms with van der Waals surface area (Å²) in [6.45, 7) is 5.98. The number of carbonyl (C=O) groups is 1. The molecule has 0 aromatic heterocycles. The van der Waals surface area contributed by atoms with Gasteiger partial charge in [-0.05, 0) is 62.2 Å². The molecule has 2 aromatic rings. The van der Waals surface area contributed by atoms with Gasteiger partial charge in [-0.3, -0.25) is 4.79 Å². The minimum Gasteiger partial charge on any atom is -0.497 e. The lowest BCUT2D eigenvalue weighted by molar-refractivity contribution is 0.0671. The van der Waals surface area contributed by atoms with Crippen LogP contribution in [0.2, 0.25) is 0 Å². The summed E-state index contributed by atoms with van der Waals surface area (Å²) in [6.07, 6.45) is 0.817. The first-order chi connectivity index (χ1) is 13.3. The van der Waals surface area contributed by atoms with Gasteiger partial charge >= 0.3 is 10.1 Å². The summed E-state index contributed by atoms with van der Waals surface area (Å²) in [7, 11) is -1.97. The Balaban J connectivity index is 2.18. The van der Waals surface area contributed by atoms with Gasteiger partial charge in [-0.15, -0.1) is 0 Å². The molecule has 1 amide bonds. The largest absolute Gasteiger partial charge is 0.497 e. The first-order valence-electron chi connectivity index (χ1n) is 9.25. The second kappa shape index (κ2) is 9.59. The molecule has 0 saturated carbocycles. The monoisotopic (exact) mass is 405 g/mol. The van der Waals surface area contributed by atoms with E-state index < -0.39 is 10.1 Å². The predicted molar refractivity (Wildman–Crippen MR) is 109 cm³/mol. The van der Waals surface area contributed by atoms with Crippen LogP contribution in [-0.2, 0) is 16.7 Å². The lowest BCUT2D eigenvalue weighted by Gasteiger charge is -2.29. The summed E-state index contributed by atoms with van der Waals surface area (Å²) < 4.78 is 33.3. The normalized spacial score (nSPS) is 12.3. The summed E-state index contributed by atoms with van der Waals surface area (Å²) in [4.78, 5) is 14.8. The second-order valence-electron chi connectivity index (χ2n) is 6.49. The minimum absolute atomic E-state index is 0.0472. The molecule has 152 valence electrons. The van der Waals surface area contributed by atoms with Crippen LogP contribution in [0, 0.1) is 0 Å². The molecule has 7 heteroatoms. The van der Waals surface area contributed by atoms with Crippen molar-refractivity contribution in [1.29, 1.82) is 0 Å². The Kier molecular flexibility index (Phi) is 7.45. The van der Waals surface area contributed by atoms with E-state index in [1.807, 2.05) is 13.8 Å². The molecule has 0 aliphatic carbocycles. The molecular formula is C21H27NO5S. The van der Waals surface area contributed by atoms with Gasteiger partial charge in [-0.1, -0.05) is 19.1 Å². The van der Waals surface area contributed by atoms with Crippen molar-refractivity contribution in [3.05, 3.63) is 59.7 Å². The van der Waals surface area contributed by atoms with Crippen LogP contribution in [0.3, 0.4) is 0 Å². The minimum atomic E-state index is -3.56. The van der Waals surface area contributed by atoms with Crippen molar-refractivity contribution in [2.24, 2.45) is 0 Å². The molecule has 0 aliphatic rings. The molecule has 0 heterocycles. The van der Waals surface area contributed by atoms with E-state index in [4.69, 9.17) is 8.92 Å². The smallest absolute Gasteiger partial charge is 0.308 e. The summed E-state index contributed by atoms with van der Waals surface area (Å²) in [5, 5.41) is 0. The van der Waals surface area contributed by atoms with Gasteiger partial charge in [0, 0.05) is 18.2 Å². The van der Waals surface area contributed by atoms with Gasteiger partial charge in [0.05, 0.1) is 12.9 Å². The number of hydrogen-bond donors (Lipinski definition) is 0. The standard InChI is InChI=1S/C21H27NO5S/c1-5-16(3)22(21(23)18-9-13-19(26-4)14-10-18)15-17-7-11-20(12-8-17)27-28(24,25)6-2/h7-14,16H,5-6,15H2,1-4H3/t16-/m1/s1. The topological polar surface area (TPSA) is 72.9 Å². The number of rotatable bonds is 9. The van der Waals surface area contributed by atoms with Gasteiger partial charge in [0.1, 0.15) is 11.5 Å². The highest BCUT2D eigenvalue weighted by molar-refractivity contribution is 7.87. The first-order valence-corrected chi connectivity index (χ1v) is 10.8. The van der Waals surface area contributed by atoms with Crippen molar-refractivity contribution in [1.82, 2.24) is 4.90 Å². The van der Waals surface area contributed by atoms with E-state index in [1.165, 1.54) is 6.92 Å². The fourth-order valence-corrected chi connectivity index (χ4v) is 3.12. The van der Waals surface area contributed by atoms with Gasteiger partial charge in [0.2, 0.25) is 0 Å². The summed E-state index contributed by atoms with van der Waals surface area (Å²) >= 11 is 0. The van der Waals surface area contributed by atoms with Crippen LogP contribution in [0.15, 0.2) is 48.5 Å². The zero-order chi connectivity index (χ0) is 20.7. The van der Waals surface area contributed by atoms with Crippen molar-refractivity contribution in [2.45, 2.75) is 39.8 Å². The van der Waals surface area contributed by atoms with Gasteiger partial charge in [0.15, 0.2) is 0 Å². The fraction of sp³-hybridized carbons (Fsp3) is 0.381. The Hall–Kier alpha value is -2.54. The number of ether oxygens (including phenoxy) is 1. The van der Waals surface area contributed by atoms with E-state index in [9.17, 15) is 13.2 Å². The van der Waals surface area contributed by atoms with E-state index in [0.29, 0.717) is 17.9 Å². The first kappa shape index (κ1) is 21.8. The maximum Gasteiger partial charge on any atom is 0.308 e. The lowest BCUT2D eigenvalue weighted by atomic mass is 10.1. The molecule has 6 nitrogen and oxygen atoms in total. The van der Waals surface area contributed by atoms with Crippen molar-refractivity contribution in [3.63, 3.8) is 0 Å². The Morgan fingerprint density at radius 2 is 1.57 bits per heavy atom. The highest BCUT2D eigenvalue weighted by atomic mass is 32.2. The van der Waals surface area contributed by atoms with Crippen LogP contribution in [0.1, 0.15) is 43.1 Å². The zero-order valence-electron chi connectivity index (χ0n) is 16.7. The molecule has 2 aromatic carbocycles. The predicted octanol–water partition coefficient (Wildman–Crippen LogP) is 3.86. The molecule has 0 unspecified atom stereocenters. The molecule has 0 N–H and O–H groups in total. The molecule has 0 spiro atoms. The summed E-state index contributed by atoms with van der Waals surface area (Å²) in [6, 6.07) is 13.8. The molecule has 1 atom stereocenters. The maximum absolute atomic E-state index is 13.0. The number of methoxy groups -OCH3 is 1. The quantitative estimate of drug-likeness (QED) is 0.592. The van der Waals surface area contributed by atoms with Crippen molar-refractivity contribution in [2.75, 3.05) is 12.9 Å². The molecular weight excluding hydrogens is 378 g/mol. The van der Waals surface area contributed by atoms with E-state index in [-0.39, 0.29) is 23.5 Å². The van der Waals surface area contributed by atoms with Crippen LogP contribution in [0.4, 0.5) is 0 Å². The van der Waals surface area contributed by atoms with Crippen LogP contribution in [0.5, 0.6) is 11.5 Å². The number of carbonyl (C=O) groups excluding carboxylic acids is 1. The average molecular weight is 406 g/mol. The Morgan fingerprint density at radius 3 is 2.07 bits per heavy atom. The third-order valence-corrected chi connectivity index (χ3v) is 5.73. The second-order valence-corrected chi connectivity index (χ2v) is 8.35. The molecule has 0 aliphatic heterocycles. The van der Waals surface area contributed by atoms with Gasteiger partial charge < -0.3 is 13.8 Å². The number of nitrogens with zero attached hydrogens (tertiary/aromatic N) is 1. The lowest BCUT2D eigenvalue weighted by Crippen LogP contribution is -2.37. The molecule has 0 saturated heterocycles. The molecule has 2 rings (SSSR count). The van der Waals surface area contributed by atoms with Crippen molar-refractivity contribution >= 4 is 16.0 Å². The molecule has 28 heavy (non-hydrogen) atoms. The molecule has 0 bridgehead atoms. The number of benzene rings is 2. The van der Waals surface area contributed by atoms with Crippen LogP contribution < -0.4 is 8.92 Å². The number of amides is 1. The third-order valence-electron chi connectivity index (χ3n) is 4.57. The van der Waals surface area contributed by atoms with E-state index >= 15 is 0 Å². The SMILES string of the molecule is CC[C@@H](C)N(Cc1ccc(OS(=O)(=O)CC)cc1)C(=O)c1ccc(OC)cc1. The average Bonchev–Trinajstić information content (AvgIpc) is 2.72. The third kappa shape index (κ3) is 5.73. The van der Waals surface area contributed by atoms with Crippen molar-refractivity contribution < 1.29 is 22.1 Å². The van der Waals surface area contributed by atoms with Gasteiger partial charge in [0.25, 0.3) is 5.91 Å². The zero-order valence-corrected chi connectivity index (χ0v) is 17.5. The highest BCUT2D eigenvalue weighted by Crippen LogP contribution is 2.20. The Morgan fingerprint density at radius 1 is 1.00 bits per heavy atom. The summed E-state index contributed by atoms with van der Waals surface area (Å²) in [5.41, 5.74) is 1.48. The van der Waals surface area contributed by atoms with E-state index in [2.05, 4.69) is 0 Å². The summed E-state index contributed by atoms with van der Waals surface area (Å²) in [5.74, 6) is 0.810. The van der Waals surface area contributed by atoms with Crippen LogP contribution in [0.25, 0.3) is 0 Å². The van der Waals surface area contributed by atoms with Crippen LogP contribution >= 0.6 is 0 Å². The van der Waals surface area contributed by atoms with Gasteiger partial charge in [-0.2, -0.15) is 8.42 Å². The fourth-order valence-electron chi connectivity index (χ4n) is 2.60. The van der Waals surface area contributed by atoms with E-state index in [0.717, 1.165) is 12.0 Å². The van der Waals surface area contributed by atoms with Gasteiger partial charge in [-0.25, -0.2) is 0 Å².